The number of carbonyl (C=O) groups excluding carboxylic acids is 1. The fourth-order valence-corrected chi connectivity index (χ4v) is 2.87. The van der Waals surface area contributed by atoms with Gasteiger partial charge >= 0.3 is 0 Å². The molecule has 1 amide bonds. The number of ether oxygens (including phenoxy) is 1. The monoisotopic (exact) mass is 322 g/mol. The minimum atomic E-state index is -0.381. The van der Waals surface area contributed by atoms with E-state index < -0.39 is 0 Å². The number of aromatic nitrogens is 1. The first-order valence-corrected chi connectivity index (χ1v) is 7.45. The molecular weight excluding hydrogens is 308 g/mol. The number of halogens is 1. The average molecular weight is 323 g/mol. The molecular formula is C15H15ClN2O2S. The van der Waals surface area contributed by atoms with Crippen LogP contribution < -0.4 is 9.54 Å². The van der Waals surface area contributed by atoms with Gasteiger partial charge in [0.2, 0.25) is 0 Å². The molecule has 0 atom stereocenters. The normalized spacial score (nSPS) is 11.5. The highest BCUT2D eigenvalue weighted by atomic mass is 35.5. The second-order valence-corrected chi connectivity index (χ2v) is 5.98. The highest BCUT2D eigenvalue weighted by Gasteiger charge is 2.12. The number of thiazole rings is 1. The minimum Gasteiger partial charge on any atom is -0.496 e. The van der Waals surface area contributed by atoms with E-state index in [9.17, 15) is 4.79 Å². The Hall–Kier alpha value is -1.85. The van der Waals surface area contributed by atoms with E-state index in [2.05, 4.69) is 11.6 Å². The highest BCUT2D eigenvalue weighted by molar-refractivity contribution is 7.09. The average Bonchev–Trinajstić information content (AvgIpc) is 2.79. The van der Waals surface area contributed by atoms with Crippen molar-refractivity contribution in [2.75, 3.05) is 7.11 Å². The van der Waals surface area contributed by atoms with Crippen LogP contribution in [0.4, 0.5) is 0 Å². The Bertz CT molecular complexity index is 746. The van der Waals surface area contributed by atoms with Gasteiger partial charge in [-0.1, -0.05) is 17.7 Å². The van der Waals surface area contributed by atoms with Gasteiger partial charge in [0, 0.05) is 22.6 Å². The Morgan fingerprint density at radius 2 is 2.33 bits per heavy atom. The summed E-state index contributed by atoms with van der Waals surface area (Å²) in [5, 5.41) is 0.468. The number of rotatable bonds is 4. The van der Waals surface area contributed by atoms with Gasteiger partial charge in [-0.2, -0.15) is 4.99 Å². The molecule has 0 aliphatic carbocycles. The summed E-state index contributed by atoms with van der Waals surface area (Å²) in [6, 6.07) is 4.89. The Morgan fingerprint density at radius 1 is 1.57 bits per heavy atom. The molecule has 2 aromatic rings. The quantitative estimate of drug-likeness (QED) is 0.809. The maximum atomic E-state index is 12.4. The van der Waals surface area contributed by atoms with Gasteiger partial charge in [-0.05, 0) is 25.1 Å². The van der Waals surface area contributed by atoms with Gasteiger partial charge in [0.1, 0.15) is 5.75 Å². The third-order valence-corrected chi connectivity index (χ3v) is 3.92. The number of aryl methyl sites for hydroxylation is 1. The minimum absolute atomic E-state index is 0.348. The number of benzene rings is 1. The maximum absolute atomic E-state index is 12.4. The van der Waals surface area contributed by atoms with Crippen LogP contribution in [-0.4, -0.2) is 17.6 Å². The molecule has 6 heteroatoms. The molecule has 0 saturated carbocycles. The van der Waals surface area contributed by atoms with E-state index in [1.807, 2.05) is 17.7 Å². The van der Waals surface area contributed by atoms with Crippen molar-refractivity contribution in [1.82, 2.24) is 4.57 Å². The largest absolute Gasteiger partial charge is 0.496 e. The van der Waals surface area contributed by atoms with Crippen LogP contribution in [0.15, 0.2) is 42.0 Å². The first kappa shape index (κ1) is 15.5. The lowest BCUT2D eigenvalue weighted by atomic mass is 10.2. The van der Waals surface area contributed by atoms with Gasteiger partial charge in [-0.25, -0.2) is 0 Å². The Morgan fingerprint density at radius 3 is 3.00 bits per heavy atom. The van der Waals surface area contributed by atoms with Crippen LogP contribution in [0.1, 0.15) is 15.2 Å². The van der Waals surface area contributed by atoms with Gasteiger partial charge in [0.15, 0.2) is 4.80 Å². The van der Waals surface area contributed by atoms with Crippen LogP contribution in [0.5, 0.6) is 5.75 Å². The SMILES string of the molecule is C=CCn1cc(C)sc1=NC(=O)c1cc(Cl)ccc1OC. The fraction of sp³-hybridized carbons (Fsp3) is 0.200. The first-order valence-electron chi connectivity index (χ1n) is 6.25. The molecule has 2 rings (SSSR count). The number of nitrogens with zero attached hydrogens (tertiary/aromatic N) is 2. The molecule has 0 spiro atoms. The van der Waals surface area contributed by atoms with Gasteiger partial charge in [0.25, 0.3) is 5.91 Å². The summed E-state index contributed by atoms with van der Waals surface area (Å²) in [5.41, 5.74) is 0.348. The Kier molecular flexibility index (Phi) is 4.98. The van der Waals surface area contributed by atoms with Gasteiger partial charge in [-0.3, -0.25) is 4.79 Å². The third kappa shape index (κ3) is 3.62. The molecule has 1 aromatic heterocycles. The van der Waals surface area contributed by atoms with Crippen molar-refractivity contribution >= 4 is 28.8 Å². The van der Waals surface area contributed by atoms with Gasteiger partial charge < -0.3 is 9.30 Å². The summed E-state index contributed by atoms with van der Waals surface area (Å²) in [6.45, 7) is 6.27. The number of hydrogen-bond donors (Lipinski definition) is 0. The van der Waals surface area contributed by atoms with E-state index in [4.69, 9.17) is 16.3 Å². The number of carbonyl (C=O) groups is 1. The lowest BCUT2D eigenvalue weighted by molar-refractivity contribution is 0.0995. The zero-order chi connectivity index (χ0) is 15.4. The second kappa shape index (κ2) is 6.74. The predicted octanol–water partition coefficient (Wildman–Crippen LogP) is 3.45. The third-order valence-electron chi connectivity index (χ3n) is 2.75. The van der Waals surface area contributed by atoms with Crippen molar-refractivity contribution in [3.63, 3.8) is 0 Å². The summed E-state index contributed by atoms with van der Waals surface area (Å²) in [4.78, 5) is 18.2. The molecule has 0 aliphatic heterocycles. The molecule has 0 fully saturated rings. The fourth-order valence-electron chi connectivity index (χ4n) is 1.86. The second-order valence-electron chi connectivity index (χ2n) is 4.33. The summed E-state index contributed by atoms with van der Waals surface area (Å²) in [6.07, 6.45) is 3.70. The van der Waals surface area contributed by atoms with Crippen molar-refractivity contribution in [3.05, 3.63) is 57.3 Å². The van der Waals surface area contributed by atoms with Gasteiger partial charge in [0.05, 0.1) is 12.7 Å². The topological polar surface area (TPSA) is 43.6 Å². The summed E-state index contributed by atoms with van der Waals surface area (Å²) in [5.74, 6) is 0.0747. The smallest absolute Gasteiger partial charge is 0.283 e. The van der Waals surface area contributed by atoms with Crippen LogP contribution in [0, 0.1) is 6.92 Å². The zero-order valence-electron chi connectivity index (χ0n) is 11.8. The molecule has 0 saturated heterocycles. The summed E-state index contributed by atoms with van der Waals surface area (Å²) >= 11 is 7.39. The molecule has 0 bridgehead atoms. The predicted molar refractivity (Wildman–Crippen MR) is 85.1 cm³/mol. The molecule has 21 heavy (non-hydrogen) atoms. The molecule has 0 N–H and O–H groups in total. The number of amides is 1. The lowest BCUT2D eigenvalue weighted by Gasteiger charge is -2.05. The Balaban J connectivity index is 2.48. The van der Waals surface area contributed by atoms with Gasteiger partial charge in [-0.15, -0.1) is 17.9 Å². The number of methoxy groups -OCH3 is 1. The van der Waals surface area contributed by atoms with E-state index in [0.29, 0.717) is 27.7 Å². The standard InChI is InChI=1S/C15H15ClN2O2S/c1-4-7-18-9-10(2)21-15(18)17-14(19)12-8-11(16)5-6-13(12)20-3/h4-6,8-9H,1,7H2,2-3H3. The molecule has 0 aliphatic rings. The lowest BCUT2D eigenvalue weighted by Crippen LogP contribution is -2.15. The number of allylic oxidation sites excluding steroid dienone is 1. The molecule has 0 radical (unpaired) electrons. The number of hydrogen-bond acceptors (Lipinski definition) is 3. The van der Waals surface area contributed by atoms with E-state index in [1.54, 1.807) is 24.3 Å². The summed E-state index contributed by atoms with van der Waals surface area (Å²) < 4.78 is 7.06. The van der Waals surface area contributed by atoms with Crippen molar-refractivity contribution in [1.29, 1.82) is 0 Å². The molecule has 1 aromatic carbocycles. The molecule has 4 nitrogen and oxygen atoms in total. The van der Waals surface area contributed by atoms with Crippen LogP contribution in [0.25, 0.3) is 0 Å². The van der Waals surface area contributed by atoms with Crippen molar-refractivity contribution in [3.8, 4) is 5.75 Å². The van der Waals surface area contributed by atoms with E-state index >= 15 is 0 Å². The van der Waals surface area contributed by atoms with Crippen LogP contribution in [0.2, 0.25) is 5.02 Å². The van der Waals surface area contributed by atoms with Crippen LogP contribution >= 0.6 is 22.9 Å². The summed E-state index contributed by atoms with van der Waals surface area (Å²) in [7, 11) is 1.51. The highest BCUT2D eigenvalue weighted by Crippen LogP contribution is 2.23. The van der Waals surface area contributed by atoms with Crippen LogP contribution in [-0.2, 0) is 6.54 Å². The molecule has 0 unspecified atom stereocenters. The van der Waals surface area contributed by atoms with E-state index in [-0.39, 0.29) is 5.91 Å². The van der Waals surface area contributed by atoms with Crippen molar-refractivity contribution in [2.45, 2.75) is 13.5 Å². The maximum Gasteiger partial charge on any atom is 0.283 e. The van der Waals surface area contributed by atoms with Crippen molar-refractivity contribution in [2.24, 2.45) is 4.99 Å². The van der Waals surface area contributed by atoms with E-state index in [1.165, 1.54) is 18.4 Å². The molecule has 1 heterocycles. The van der Waals surface area contributed by atoms with Crippen LogP contribution in [0.3, 0.4) is 0 Å². The zero-order valence-corrected chi connectivity index (χ0v) is 13.4. The van der Waals surface area contributed by atoms with E-state index in [0.717, 1.165) is 4.88 Å². The van der Waals surface area contributed by atoms with Crippen molar-refractivity contribution < 1.29 is 9.53 Å². The Labute approximate surface area is 132 Å². The molecule has 110 valence electrons. The first-order chi connectivity index (χ1) is 10.0.